The van der Waals surface area contributed by atoms with E-state index in [0.717, 1.165) is 47.6 Å². The van der Waals surface area contributed by atoms with E-state index in [-0.39, 0.29) is 11.9 Å². The van der Waals surface area contributed by atoms with E-state index in [9.17, 15) is 8.78 Å². The van der Waals surface area contributed by atoms with Crippen LogP contribution in [0.5, 0.6) is 5.75 Å². The van der Waals surface area contributed by atoms with Gasteiger partial charge >= 0.3 is 0 Å². The molecule has 126 valence electrons. The standard InChI is InChI=1S/C18H17BrF2N2O/c19-13-5-11-9-23(4-3-17(11)22-8-13)10-12-6-14(20)7-16(21)18(12)24-15-1-2-15/h5-8,15H,1-4,9-10H2. The van der Waals surface area contributed by atoms with Crippen LogP contribution >= 0.6 is 15.9 Å². The Balaban J connectivity index is 1.57. The van der Waals surface area contributed by atoms with Crippen LogP contribution in [-0.4, -0.2) is 22.5 Å². The maximum atomic E-state index is 14.1. The maximum Gasteiger partial charge on any atom is 0.168 e. The van der Waals surface area contributed by atoms with Crippen molar-refractivity contribution in [2.45, 2.75) is 38.5 Å². The molecule has 0 atom stereocenters. The molecule has 3 nitrogen and oxygen atoms in total. The van der Waals surface area contributed by atoms with Crippen LogP contribution in [0.2, 0.25) is 0 Å². The molecule has 1 fully saturated rings. The number of ether oxygens (including phenoxy) is 1. The second-order valence-electron chi connectivity index (χ2n) is 6.41. The predicted molar refractivity (Wildman–Crippen MR) is 89.8 cm³/mol. The van der Waals surface area contributed by atoms with Gasteiger partial charge in [-0.25, -0.2) is 8.78 Å². The zero-order valence-electron chi connectivity index (χ0n) is 13.1. The Morgan fingerprint density at radius 3 is 2.88 bits per heavy atom. The topological polar surface area (TPSA) is 25.4 Å². The largest absolute Gasteiger partial charge is 0.487 e. The minimum Gasteiger partial charge on any atom is -0.487 e. The number of nitrogens with zero attached hydrogens (tertiary/aromatic N) is 2. The molecule has 0 saturated heterocycles. The molecular formula is C18H17BrF2N2O. The lowest BCUT2D eigenvalue weighted by molar-refractivity contribution is 0.230. The van der Waals surface area contributed by atoms with Gasteiger partial charge in [-0.3, -0.25) is 9.88 Å². The van der Waals surface area contributed by atoms with E-state index in [1.165, 1.54) is 6.07 Å². The van der Waals surface area contributed by atoms with Crippen molar-refractivity contribution in [2.75, 3.05) is 6.54 Å². The van der Waals surface area contributed by atoms with E-state index in [0.29, 0.717) is 18.7 Å². The van der Waals surface area contributed by atoms with Gasteiger partial charge in [0.25, 0.3) is 0 Å². The first-order valence-corrected chi connectivity index (χ1v) is 8.88. The molecule has 0 radical (unpaired) electrons. The average molecular weight is 395 g/mol. The van der Waals surface area contributed by atoms with Gasteiger partial charge in [0.2, 0.25) is 0 Å². The normalized spacial score (nSPS) is 17.6. The maximum absolute atomic E-state index is 14.1. The molecule has 1 aromatic carbocycles. The van der Waals surface area contributed by atoms with Gasteiger partial charge in [-0.2, -0.15) is 0 Å². The molecule has 1 aliphatic heterocycles. The zero-order valence-corrected chi connectivity index (χ0v) is 14.7. The van der Waals surface area contributed by atoms with Crippen LogP contribution < -0.4 is 4.74 Å². The summed E-state index contributed by atoms with van der Waals surface area (Å²) in [7, 11) is 0. The molecule has 1 saturated carbocycles. The summed E-state index contributed by atoms with van der Waals surface area (Å²) in [4.78, 5) is 6.61. The van der Waals surface area contributed by atoms with Crippen LogP contribution in [0.3, 0.4) is 0 Å². The first-order chi connectivity index (χ1) is 11.6. The molecule has 2 heterocycles. The Bertz CT molecular complexity index is 780. The second kappa shape index (κ2) is 6.41. The summed E-state index contributed by atoms with van der Waals surface area (Å²) in [6, 6.07) is 4.34. The average Bonchev–Trinajstić information content (AvgIpc) is 3.34. The van der Waals surface area contributed by atoms with Gasteiger partial charge in [-0.1, -0.05) is 0 Å². The number of halogens is 3. The first kappa shape index (κ1) is 16.0. The van der Waals surface area contributed by atoms with Crippen LogP contribution in [0.15, 0.2) is 28.9 Å². The van der Waals surface area contributed by atoms with Crippen LogP contribution in [0, 0.1) is 11.6 Å². The quantitative estimate of drug-likeness (QED) is 0.775. The van der Waals surface area contributed by atoms with Crippen LogP contribution in [0.25, 0.3) is 0 Å². The van der Waals surface area contributed by atoms with Gasteiger partial charge < -0.3 is 4.74 Å². The number of aromatic nitrogens is 1. The molecule has 1 aliphatic carbocycles. The second-order valence-corrected chi connectivity index (χ2v) is 7.33. The van der Waals surface area contributed by atoms with Crippen molar-refractivity contribution in [1.29, 1.82) is 0 Å². The molecule has 0 bridgehead atoms. The Morgan fingerprint density at radius 1 is 1.25 bits per heavy atom. The lowest BCUT2D eigenvalue weighted by Crippen LogP contribution is -2.31. The number of benzene rings is 1. The van der Waals surface area contributed by atoms with Crippen molar-refractivity contribution in [3.8, 4) is 5.75 Å². The van der Waals surface area contributed by atoms with E-state index in [1.807, 2.05) is 0 Å². The predicted octanol–water partition coefficient (Wildman–Crippen LogP) is 4.22. The fraction of sp³-hybridized carbons (Fsp3) is 0.389. The molecule has 24 heavy (non-hydrogen) atoms. The highest BCUT2D eigenvalue weighted by atomic mass is 79.9. The number of hydrogen-bond donors (Lipinski definition) is 0. The smallest absolute Gasteiger partial charge is 0.168 e. The third-order valence-corrected chi connectivity index (χ3v) is 4.81. The van der Waals surface area contributed by atoms with Gasteiger partial charge in [-0.05, 0) is 46.5 Å². The highest BCUT2D eigenvalue weighted by Gasteiger charge is 2.27. The van der Waals surface area contributed by atoms with Crippen LogP contribution in [0.4, 0.5) is 8.78 Å². The molecule has 2 aromatic rings. The van der Waals surface area contributed by atoms with Gasteiger partial charge in [0.1, 0.15) is 5.82 Å². The summed E-state index contributed by atoms with van der Waals surface area (Å²) >= 11 is 3.44. The number of rotatable bonds is 4. The SMILES string of the molecule is Fc1cc(F)c(OC2CC2)c(CN2CCc3ncc(Br)cc3C2)c1. The Morgan fingerprint density at radius 2 is 2.08 bits per heavy atom. The fourth-order valence-electron chi connectivity index (χ4n) is 3.05. The Hall–Kier alpha value is -1.53. The van der Waals surface area contributed by atoms with Crippen molar-refractivity contribution >= 4 is 15.9 Å². The van der Waals surface area contributed by atoms with Crippen molar-refractivity contribution in [3.05, 3.63) is 57.3 Å². The van der Waals surface area contributed by atoms with Crippen LogP contribution in [-0.2, 0) is 19.5 Å². The van der Waals surface area contributed by atoms with E-state index >= 15 is 0 Å². The van der Waals surface area contributed by atoms with Crippen molar-refractivity contribution in [2.24, 2.45) is 0 Å². The molecule has 6 heteroatoms. The van der Waals surface area contributed by atoms with Gasteiger partial charge in [0, 0.05) is 54.0 Å². The van der Waals surface area contributed by atoms with E-state index in [2.05, 4.69) is 31.9 Å². The highest BCUT2D eigenvalue weighted by Crippen LogP contribution is 2.33. The van der Waals surface area contributed by atoms with Gasteiger partial charge in [0.15, 0.2) is 11.6 Å². The van der Waals surface area contributed by atoms with Gasteiger partial charge in [-0.15, -0.1) is 0 Å². The molecule has 1 aromatic heterocycles. The van der Waals surface area contributed by atoms with Crippen molar-refractivity contribution in [3.63, 3.8) is 0 Å². The molecule has 0 spiro atoms. The Kier molecular flexibility index (Phi) is 4.26. The lowest BCUT2D eigenvalue weighted by atomic mass is 10.0. The minimum absolute atomic E-state index is 0.0750. The first-order valence-electron chi connectivity index (χ1n) is 8.09. The highest BCUT2D eigenvalue weighted by molar-refractivity contribution is 9.10. The molecule has 2 aliphatic rings. The van der Waals surface area contributed by atoms with Crippen molar-refractivity contribution in [1.82, 2.24) is 9.88 Å². The molecule has 0 unspecified atom stereocenters. The summed E-state index contributed by atoms with van der Waals surface area (Å²) in [6.07, 6.45) is 4.59. The third kappa shape index (κ3) is 3.44. The fourth-order valence-corrected chi connectivity index (χ4v) is 3.43. The van der Waals surface area contributed by atoms with Crippen LogP contribution in [0.1, 0.15) is 29.7 Å². The molecule has 0 amide bonds. The number of fused-ring (bicyclic) bond motifs is 1. The van der Waals surface area contributed by atoms with E-state index in [4.69, 9.17) is 4.74 Å². The molecule has 0 N–H and O–H groups in total. The lowest BCUT2D eigenvalue weighted by Gasteiger charge is -2.29. The monoisotopic (exact) mass is 394 g/mol. The number of pyridine rings is 1. The third-order valence-electron chi connectivity index (χ3n) is 4.37. The summed E-state index contributed by atoms with van der Waals surface area (Å²) < 4.78 is 34.4. The Labute approximate surface area is 147 Å². The zero-order chi connectivity index (χ0) is 16.7. The van der Waals surface area contributed by atoms with E-state index in [1.54, 1.807) is 6.20 Å². The summed E-state index contributed by atoms with van der Waals surface area (Å²) in [5.74, 6) is -0.969. The summed E-state index contributed by atoms with van der Waals surface area (Å²) in [6.45, 7) is 1.98. The molecule has 4 rings (SSSR count). The summed E-state index contributed by atoms with van der Waals surface area (Å²) in [5.41, 5.74) is 2.82. The summed E-state index contributed by atoms with van der Waals surface area (Å²) in [5, 5.41) is 0. The van der Waals surface area contributed by atoms with Gasteiger partial charge in [0.05, 0.1) is 6.10 Å². The van der Waals surface area contributed by atoms with Crippen molar-refractivity contribution < 1.29 is 13.5 Å². The minimum atomic E-state index is -0.612. The van der Waals surface area contributed by atoms with E-state index < -0.39 is 11.6 Å². The molecular weight excluding hydrogens is 378 g/mol. The number of hydrogen-bond acceptors (Lipinski definition) is 3.